The summed E-state index contributed by atoms with van der Waals surface area (Å²) in [5.41, 5.74) is 9.72. The van der Waals surface area contributed by atoms with Gasteiger partial charge in [-0.2, -0.15) is 4.52 Å². The average Bonchev–Trinajstić information content (AvgIpc) is 3.60. The molecule has 0 amide bonds. The van der Waals surface area contributed by atoms with E-state index in [0.29, 0.717) is 48.2 Å². The van der Waals surface area contributed by atoms with Gasteiger partial charge in [0, 0.05) is 56.0 Å². The summed E-state index contributed by atoms with van der Waals surface area (Å²) in [6.45, 7) is 3.34. The number of fused-ring (bicyclic) bond motifs is 1. The predicted molar refractivity (Wildman–Crippen MR) is 139 cm³/mol. The molecule has 2 aromatic carbocycles. The molecule has 0 saturated carbocycles. The van der Waals surface area contributed by atoms with Crippen LogP contribution < -0.4 is 15.4 Å². The van der Waals surface area contributed by atoms with Crippen LogP contribution in [0.25, 0.3) is 28.5 Å². The zero-order valence-electron chi connectivity index (χ0n) is 20.6. The van der Waals surface area contributed by atoms with Gasteiger partial charge in [-0.1, -0.05) is 0 Å². The molecule has 5 aromatic rings. The molecule has 4 heterocycles. The van der Waals surface area contributed by atoms with Crippen molar-refractivity contribution in [2.24, 2.45) is 0 Å². The molecule has 1 fully saturated rings. The van der Waals surface area contributed by atoms with Crippen molar-refractivity contribution in [3.05, 3.63) is 78.1 Å². The molecular weight excluding hydrogens is 492 g/mol. The second-order valence-corrected chi connectivity index (χ2v) is 9.07. The highest BCUT2D eigenvalue weighted by Gasteiger charge is 2.21. The first-order valence-electron chi connectivity index (χ1n) is 12.2. The SMILES string of the molecule is COc1ccc(-c2cc3nc(-c4ccco4)nn3c(N)n2)cc1CN1CCN(c2ccc(F)cc2F)CC1. The normalized spacial score (nSPS) is 14.3. The summed E-state index contributed by atoms with van der Waals surface area (Å²) in [5, 5.41) is 4.40. The summed E-state index contributed by atoms with van der Waals surface area (Å²) in [6, 6.07) is 15.0. The van der Waals surface area contributed by atoms with Crippen LogP contribution >= 0.6 is 0 Å². The molecule has 0 spiro atoms. The standard InChI is InChI=1S/C27H25F2N7O2/c1-37-23-7-4-17(21-15-25-32-26(24-3-2-12-38-24)33-36(25)27(30)31-21)13-18(23)16-34-8-10-35(11-9-34)22-6-5-19(28)14-20(22)29/h2-7,12-15H,8-11,16H2,1H3,(H2,30,31). The minimum Gasteiger partial charge on any atom is -0.496 e. The molecule has 38 heavy (non-hydrogen) atoms. The number of furan rings is 1. The van der Waals surface area contributed by atoms with Crippen LogP contribution in [0, 0.1) is 11.6 Å². The van der Waals surface area contributed by atoms with Crippen molar-refractivity contribution < 1.29 is 17.9 Å². The Morgan fingerprint density at radius 1 is 1.00 bits per heavy atom. The average molecular weight is 518 g/mol. The van der Waals surface area contributed by atoms with Gasteiger partial charge in [-0.3, -0.25) is 4.90 Å². The Kier molecular flexibility index (Phi) is 6.12. The first-order valence-corrected chi connectivity index (χ1v) is 12.2. The van der Waals surface area contributed by atoms with E-state index in [1.165, 1.54) is 16.6 Å². The van der Waals surface area contributed by atoms with E-state index in [1.54, 1.807) is 25.5 Å². The number of nitrogens with zero attached hydrogens (tertiary/aromatic N) is 6. The smallest absolute Gasteiger partial charge is 0.223 e. The quantitative estimate of drug-likeness (QED) is 0.357. The number of nitrogen functional groups attached to an aromatic ring is 1. The summed E-state index contributed by atoms with van der Waals surface area (Å²) in [7, 11) is 1.64. The third-order valence-corrected chi connectivity index (χ3v) is 6.68. The lowest BCUT2D eigenvalue weighted by Gasteiger charge is -2.36. The molecule has 0 bridgehead atoms. The number of anilines is 2. The van der Waals surface area contributed by atoms with Crippen LogP contribution in [0.5, 0.6) is 5.75 Å². The van der Waals surface area contributed by atoms with Crippen LogP contribution in [-0.4, -0.2) is 57.8 Å². The lowest BCUT2D eigenvalue weighted by molar-refractivity contribution is 0.245. The topological polar surface area (TPSA) is 97.9 Å². The number of aromatic nitrogens is 4. The molecule has 0 aliphatic carbocycles. The zero-order chi connectivity index (χ0) is 26.2. The summed E-state index contributed by atoms with van der Waals surface area (Å²) in [5.74, 6) is 0.829. The van der Waals surface area contributed by atoms with Gasteiger partial charge in [0.2, 0.25) is 11.8 Å². The number of ether oxygens (including phenoxy) is 1. The number of methoxy groups -OCH3 is 1. The molecule has 1 saturated heterocycles. The summed E-state index contributed by atoms with van der Waals surface area (Å²) < 4.78 is 40.1. The van der Waals surface area contributed by atoms with Crippen LogP contribution in [-0.2, 0) is 6.54 Å². The van der Waals surface area contributed by atoms with Gasteiger partial charge in [-0.15, -0.1) is 5.10 Å². The molecule has 1 aliphatic rings. The first-order chi connectivity index (χ1) is 18.5. The molecule has 6 rings (SSSR count). The minimum absolute atomic E-state index is 0.212. The molecule has 2 N–H and O–H groups in total. The van der Waals surface area contributed by atoms with Gasteiger partial charge in [0.05, 0.1) is 24.8 Å². The number of nitrogens with two attached hydrogens (primary N) is 1. The highest BCUT2D eigenvalue weighted by Crippen LogP contribution is 2.29. The fourth-order valence-electron chi connectivity index (χ4n) is 4.76. The van der Waals surface area contributed by atoms with Gasteiger partial charge in [0.25, 0.3) is 0 Å². The van der Waals surface area contributed by atoms with E-state index in [2.05, 4.69) is 20.0 Å². The Morgan fingerprint density at radius 3 is 2.58 bits per heavy atom. The number of halogens is 2. The van der Waals surface area contributed by atoms with E-state index in [4.69, 9.17) is 14.9 Å². The van der Waals surface area contributed by atoms with Gasteiger partial charge in [0.1, 0.15) is 17.4 Å². The van der Waals surface area contributed by atoms with E-state index >= 15 is 0 Å². The summed E-state index contributed by atoms with van der Waals surface area (Å²) in [6.07, 6.45) is 1.56. The van der Waals surface area contributed by atoms with E-state index in [1.807, 2.05) is 29.2 Å². The highest BCUT2D eigenvalue weighted by atomic mass is 19.1. The molecule has 3 aromatic heterocycles. The van der Waals surface area contributed by atoms with Crippen molar-refractivity contribution in [3.8, 4) is 28.6 Å². The Morgan fingerprint density at radius 2 is 1.84 bits per heavy atom. The second-order valence-electron chi connectivity index (χ2n) is 9.07. The largest absolute Gasteiger partial charge is 0.496 e. The molecule has 9 nitrogen and oxygen atoms in total. The maximum Gasteiger partial charge on any atom is 0.223 e. The molecule has 0 atom stereocenters. The van der Waals surface area contributed by atoms with E-state index in [-0.39, 0.29) is 5.95 Å². The van der Waals surface area contributed by atoms with E-state index in [0.717, 1.165) is 36.0 Å². The Labute approximate surface area is 217 Å². The summed E-state index contributed by atoms with van der Waals surface area (Å²) in [4.78, 5) is 13.3. The van der Waals surface area contributed by atoms with Crippen molar-refractivity contribution >= 4 is 17.3 Å². The van der Waals surface area contributed by atoms with Gasteiger partial charge in [-0.25, -0.2) is 18.7 Å². The Balaban J connectivity index is 1.23. The van der Waals surface area contributed by atoms with Crippen molar-refractivity contribution in [2.75, 3.05) is 43.9 Å². The number of piperazine rings is 1. The molecule has 0 unspecified atom stereocenters. The van der Waals surface area contributed by atoms with E-state index < -0.39 is 11.6 Å². The monoisotopic (exact) mass is 517 g/mol. The maximum absolute atomic E-state index is 14.2. The van der Waals surface area contributed by atoms with E-state index in [9.17, 15) is 8.78 Å². The van der Waals surface area contributed by atoms with Crippen LogP contribution in [0.4, 0.5) is 20.4 Å². The van der Waals surface area contributed by atoms with Gasteiger partial charge < -0.3 is 19.8 Å². The highest BCUT2D eigenvalue weighted by molar-refractivity contribution is 5.68. The van der Waals surface area contributed by atoms with Crippen molar-refractivity contribution in [1.29, 1.82) is 0 Å². The lowest BCUT2D eigenvalue weighted by atomic mass is 10.1. The number of hydrogen-bond donors (Lipinski definition) is 1. The maximum atomic E-state index is 14.2. The molecule has 11 heteroatoms. The zero-order valence-corrected chi connectivity index (χ0v) is 20.6. The second kappa shape index (κ2) is 9.75. The van der Waals surface area contributed by atoms with Crippen LogP contribution in [0.15, 0.2) is 65.3 Å². The van der Waals surface area contributed by atoms with Crippen LogP contribution in [0.2, 0.25) is 0 Å². The third-order valence-electron chi connectivity index (χ3n) is 6.68. The number of rotatable bonds is 6. The number of hydrogen-bond acceptors (Lipinski definition) is 8. The minimum atomic E-state index is -0.575. The van der Waals surface area contributed by atoms with Gasteiger partial charge >= 0.3 is 0 Å². The van der Waals surface area contributed by atoms with Crippen LogP contribution in [0.3, 0.4) is 0 Å². The Hall–Kier alpha value is -4.51. The third kappa shape index (κ3) is 4.52. The molecular formula is C27H25F2N7O2. The lowest BCUT2D eigenvalue weighted by Crippen LogP contribution is -2.46. The number of benzene rings is 2. The molecule has 1 aliphatic heterocycles. The van der Waals surface area contributed by atoms with Gasteiger partial charge in [-0.05, 0) is 42.5 Å². The fourth-order valence-corrected chi connectivity index (χ4v) is 4.76. The summed E-state index contributed by atoms with van der Waals surface area (Å²) >= 11 is 0. The van der Waals surface area contributed by atoms with Crippen molar-refractivity contribution in [3.63, 3.8) is 0 Å². The Bertz CT molecular complexity index is 1600. The first kappa shape index (κ1) is 23.9. The van der Waals surface area contributed by atoms with Gasteiger partial charge in [0.15, 0.2) is 11.4 Å². The van der Waals surface area contributed by atoms with Crippen molar-refractivity contribution in [2.45, 2.75) is 6.54 Å². The molecule has 0 radical (unpaired) electrons. The molecule has 194 valence electrons. The van der Waals surface area contributed by atoms with Crippen molar-refractivity contribution in [1.82, 2.24) is 24.5 Å². The predicted octanol–water partition coefficient (Wildman–Crippen LogP) is 4.24. The fraction of sp³-hybridized carbons (Fsp3) is 0.222. The van der Waals surface area contributed by atoms with Crippen LogP contribution in [0.1, 0.15) is 5.56 Å².